The number of H-pyrrole nitrogens is 1. The molecule has 108 valence electrons. The van der Waals surface area contributed by atoms with Crippen molar-refractivity contribution in [3.05, 3.63) is 39.8 Å². The fourth-order valence-electron chi connectivity index (χ4n) is 2.31. The zero-order chi connectivity index (χ0) is 15.0. The summed E-state index contributed by atoms with van der Waals surface area (Å²) in [5.74, 6) is 0.753. The standard InChI is InChI=1S/C15H17N5S/c1-8-5-12(10(3)19-8)6-18-20-14-13-9(2)11(4)21-15(13)17-7-16-14/h5-7,19H,1-4H3,(H,16,17,20)/b18-6+. The SMILES string of the molecule is Cc1cc(/C=N/Nc2ncnc3sc(C)c(C)c23)c(C)[nH]1. The van der Waals surface area contributed by atoms with Gasteiger partial charge in [0.05, 0.1) is 11.6 Å². The van der Waals surface area contributed by atoms with Crippen LogP contribution in [0.15, 0.2) is 17.5 Å². The van der Waals surface area contributed by atoms with Gasteiger partial charge in [-0.05, 0) is 39.3 Å². The molecule has 0 aliphatic rings. The Morgan fingerprint density at radius 1 is 1.24 bits per heavy atom. The van der Waals surface area contributed by atoms with Crippen LogP contribution < -0.4 is 5.43 Å². The topological polar surface area (TPSA) is 66.0 Å². The largest absolute Gasteiger partial charge is 0.362 e. The second kappa shape index (κ2) is 5.29. The quantitative estimate of drug-likeness (QED) is 0.572. The molecule has 0 saturated carbocycles. The van der Waals surface area contributed by atoms with Crippen molar-refractivity contribution in [1.82, 2.24) is 15.0 Å². The van der Waals surface area contributed by atoms with Crippen molar-refractivity contribution in [3.63, 3.8) is 0 Å². The van der Waals surface area contributed by atoms with Crippen molar-refractivity contribution >= 4 is 33.6 Å². The molecule has 5 nitrogen and oxygen atoms in total. The van der Waals surface area contributed by atoms with Crippen LogP contribution in [-0.4, -0.2) is 21.2 Å². The highest BCUT2D eigenvalue weighted by Gasteiger charge is 2.11. The smallest absolute Gasteiger partial charge is 0.158 e. The van der Waals surface area contributed by atoms with Crippen LogP contribution >= 0.6 is 11.3 Å². The van der Waals surface area contributed by atoms with Crippen LogP contribution in [0.1, 0.15) is 27.4 Å². The maximum Gasteiger partial charge on any atom is 0.158 e. The van der Waals surface area contributed by atoms with Crippen molar-refractivity contribution in [2.24, 2.45) is 5.10 Å². The Morgan fingerprint density at radius 2 is 2.05 bits per heavy atom. The maximum atomic E-state index is 4.32. The average Bonchev–Trinajstić information content (AvgIpc) is 2.91. The number of hydrogen-bond donors (Lipinski definition) is 2. The highest BCUT2D eigenvalue weighted by Crippen LogP contribution is 2.32. The van der Waals surface area contributed by atoms with E-state index in [0.29, 0.717) is 0 Å². The number of aromatic amines is 1. The fourth-order valence-corrected chi connectivity index (χ4v) is 3.31. The molecule has 0 bridgehead atoms. The predicted octanol–water partition coefficient (Wildman–Crippen LogP) is 3.70. The van der Waals surface area contributed by atoms with Crippen LogP contribution in [0.25, 0.3) is 10.2 Å². The van der Waals surface area contributed by atoms with Crippen LogP contribution in [0.5, 0.6) is 0 Å². The normalized spacial score (nSPS) is 11.6. The van der Waals surface area contributed by atoms with E-state index < -0.39 is 0 Å². The van der Waals surface area contributed by atoms with Gasteiger partial charge in [0.2, 0.25) is 0 Å². The number of fused-ring (bicyclic) bond motifs is 1. The lowest BCUT2D eigenvalue weighted by Gasteiger charge is -2.01. The van der Waals surface area contributed by atoms with Gasteiger partial charge in [-0.3, -0.25) is 5.43 Å². The summed E-state index contributed by atoms with van der Waals surface area (Å²) in [4.78, 5) is 14.1. The van der Waals surface area contributed by atoms with Crippen molar-refractivity contribution in [2.45, 2.75) is 27.7 Å². The van der Waals surface area contributed by atoms with Crippen LogP contribution in [0, 0.1) is 27.7 Å². The van der Waals surface area contributed by atoms with Crippen LogP contribution in [0.4, 0.5) is 5.82 Å². The van der Waals surface area contributed by atoms with Gasteiger partial charge in [0, 0.05) is 21.8 Å². The third kappa shape index (κ3) is 2.54. The van der Waals surface area contributed by atoms with E-state index in [1.165, 1.54) is 10.4 Å². The molecule has 0 aliphatic heterocycles. The molecule has 2 N–H and O–H groups in total. The molecule has 0 atom stereocenters. The van der Waals surface area contributed by atoms with E-state index in [1.807, 2.05) is 13.8 Å². The monoisotopic (exact) mass is 299 g/mol. The Balaban J connectivity index is 1.90. The Hall–Kier alpha value is -2.21. The van der Waals surface area contributed by atoms with Gasteiger partial charge < -0.3 is 4.98 Å². The van der Waals surface area contributed by atoms with E-state index in [9.17, 15) is 0 Å². The summed E-state index contributed by atoms with van der Waals surface area (Å²) in [5, 5.41) is 5.36. The Bertz CT molecular complexity index is 828. The second-order valence-electron chi connectivity index (χ2n) is 5.09. The number of hydrazone groups is 1. The summed E-state index contributed by atoms with van der Waals surface area (Å²) in [6.45, 7) is 8.25. The minimum atomic E-state index is 0.753. The molecule has 0 spiro atoms. The molecule has 6 heteroatoms. The van der Waals surface area contributed by atoms with Gasteiger partial charge in [-0.25, -0.2) is 9.97 Å². The molecule has 0 saturated heterocycles. The third-order valence-electron chi connectivity index (χ3n) is 3.53. The van der Waals surface area contributed by atoms with Gasteiger partial charge in [0.1, 0.15) is 11.2 Å². The van der Waals surface area contributed by atoms with E-state index in [4.69, 9.17) is 0 Å². The lowest BCUT2D eigenvalue weighted by molar-refractivity contribution is 1.18. The molecule has 0 unspecified atom stereocenters. The second-order valence-corrected chi connectivity index (χ2v) is 6.29. The lowest BCUT2D eigenvalue weighted by atomic mass is 10.2. The average molecular weight is 299 g/mol. The number of hydrogen-bond acceptors (Lipinski definition) is 5. The van der Waals surface area contributed by atoms with Gasteiger partial charge >= 0.3 is 0 Å². The molecule has 0 amide bonds. The van der Waals surface area contributed by atoms with Crippen LogP contribution in [0.3, 0.4) is 0 Å². The van der Waals surface area contributed by atoms with Crippen molar-refractivity contribution in [1.29, 1.82) is 0 Å². The minimum absolute atomic E-state index is 0.753. The molecule has 0 radical (unpaired) electrons. The zero-order valence-electron chi connectivity index (χ0n) is 12.5. The molecule has 21 heavy (non-hydrogen) atoms. The molecule has 0 aliphatic carbocycles. The van der Waals surface area contributed by atoms with Crippen molar-refractivity contribution in [2.75, 3.05) is 5.43 Å². The summed E-state index contributed by atoms with van der Waals surface area (Å²) in [6, 6.07) is 2.07. The predicted molar refractivity (Wildman–Crippen MR) is 88.4 cm³/mol. The van der Waals surface area contributed by atoms with Gasteiger partial charge in [0.15, 0.2) is 5.82 Å². The first-order chi connectivity index (χ1) is 10.1. The molecular weight excluding hydrogens is 282 g/mol. The first-order valence-electron chi connectivity index (χ1n) is 6.72. The highest BCUT2D eigenvalue weighted by atomic mass is 32.1. The summed E-state index contributed by atoms with van der Waals surface area (Å²) in [7, 11) is 0. The number of rotatable bonds is 3. The number of anilines is 1. The summed E-state index contributed by atoms with van der Waals surface area (Å²) in [6.07, 6.45) is 3.38. The molecule has 3 aromatic rings. The van der Waals surface area contributed by atoms with Crippen molar-refractivity contribution in [3.8, 4) is 0 Å². The van der Waals surface area contributed by atoms with E-state index >= 15 is 0 Å². The van der Waals surface area contributed by atoms with E-state index in [2.05, 4.69) is 45.4 Å². The molecule has 3 aromatic heterocycles. The van der Waals surface area contributed by atoms with Gasteiger partial charge in [0.25, 0.3) is 0 Å². The highest BCUT2D eigenvalue weighted by molar-refractivity contribution is 7.18. The van der Waals surface area contributed by atoms with Gasteiger partial charge in [-0.1, -0.05) is 0 Å². The first-order valence-corrected chi connectivity index (χ1v) is 7.54. The fraction of sp³-hybridized carbons (Fsp3) is 0.267. The molecule has 0 fully saturated rings. The molecule has 3 heterocycles. The Kier molecular flexibility index (Phi) is 3.47. The summed E-state index contributed by atoms with van der Waals surface area (Å²) >= 11 is 1.68. The molecule has 3 rings (SSSR count). The summed E-state index contributed by atoms with van der Waals surface area (Å²) in [5.41, 5.74) is 7.55. The third-order valence-corrected chi connectivity index (χ3v) is 4.64. The van der Waals surface area contributed by atoms with Gasteiger partial charge in [-0.2, -0.15) is 5.10 Å². The van der Waals surface area contributed by atoms with Crippen molar-refractivity contribution < 1.29 is 0 Å². The maximum absolute atomic E-state index is 4.32. The lowest BCUT2D eigenvalue weighted by Crippen LogP contribution is -1.95. The minimum Gasteiger partial charge on any atom is -0.362 e. The number of thiophene rings is 1. The molecular formula is C15H17N5S. The van der Waals surface area contributed by atoms with E-state index in [0.717, 1.165) is 33.0 Å². The van der Waals surface area contributed by atoms with Crippen LogP contribution in [-0.2, 0) is 0 Å². The Labute approximate surface area is 127 Å². The Morgan fingerprint density at radius 3 is 2.76 bits per heavy atom. The number of aryl methyl sites for hydroxylation is 4. The summed E-state index contributed by atoms with van der Waals surface area (Å²) < 4.78 is 0. The number of aromatic nitrogens is 3. The van der Waals surface area contributed by atoms with Gasteiger partial charge in [-0.15, -0.1) is 11.3 Å². The van der Waals surface area contributed by atoms with E-state index in [-0.39, 0.29) is 0 Å². The van der Waals surface area contributed by atoms with E-state index in [1.54, 1.807) is 23.9 Å². The molecule has 0 aromatic carbocycles. The first kappa shape index (κ1) is 13.8. The van der Waals surface area contributed by atoms with Crippen LogP contribution in [0.2, 0.25) is 0 Å². The number of nitrogens with zero attached hydrogens (tertiary/aromatic N) is 3. The number of nitrogens with one attached hydrogen (secondary N) is 2. The zero-order valence-corrected chi connectivity index (χ0v) is 13.3.